The van der Waals surface area contributed by atoms with Crippen molar-refractivity contribution < 1.29 is 9.13 Å². The third-order valence-electron chi connectivity index (χ3n) is 4.45. The molecule has 0 bridgehead atoms. The molecule has 5 nitrogen and oxygen atoms in total. The summed E-state index contributed by atoms with van der Waals surface area (Å²) in [6.07, 6.45) is 5.93. The molecule has 6 heteroatoms. The van der Waals surface area contributed by atoms with Crippen LogP contribution in [-0.2, 0) is 12.8 Å². The largest absolute Gasteiger partial charge is 0.489 e. The zero-order valence-corrected chi connectivity index (χ0v) is 14.4. The summed E-state index contributed by atoms with van der Waals surface area (Å²) in [5, 5.41) is 4.35. The van der Waals surface area contributed by atoms with Gasteiger partial charge < -0.3 is 15.0 Å². The molecule has 0 fully saturated rings. The predicted molar refractivity (Wildman–Crippen MR) is 96.0 cm³/mol. The number of aromatic amines is 1. The highest BCUT2D eigenvalue weighted by atomic mass is 19.1. The molecule has 3 aromatic rings. The second kappa shape index (κ2) is 6.35. The fraction of sp³-hybridized carbons (Fsp3) is 0.368. The first-order chi connectivity index (χ1) is 12.1. The number of H-pyrrole nitrogens is 1. The van der Waals surface area contributed by atoms with Crippen LogP contribution in [0.3, 0.4) is 0 Å². The molecule has 25 heavy (non-hydrogen) atoms. The maximum absolute atomic E-state index is 13.6. The van der Waals surface area contributed by atoms with Gasteiger partial charge >= 0.3 is 0 Å². The lowest BCUT2D eigenvalue weighted by Crippen LogP contribution is -2.08. The lowest BCUT2D eigenvalue weighted by molar-refractivity contribution is 0.243. The highest BCUT2D eigenvalue weighted by Crippen LogP contribution is 2.35. The van der Waals surface area contributed by atoms with Gasteiger partial charge in [-0.15, -0.1) is 0 Å². The Labute approximate surface area is 145 Å². The minimum absolute atomic E-state index is 0.0483. The molecule has 0 saturated heterocycles. The molecule has 0 spiro atoms. The first kappa shape index (κ1) is 15.9. The lowest BCUT2D eigenvalue weighted by Gasteiger charge is -2.16. The van der Waals surface area contributed by atoms with Crippen molar-refractivity contribution in [1.29, 1.82) is 0 Å². The van der Waals surface area contributed by atoms with Crippen molar-refractivity contribution in [2.45, 2.75) is 45.6 Å². The number of nitrogens with zero attached hydrogens (tertiary/aromatic N) is 2. The molecule has 1 aliphatic rings. The number of aryl methyl sites for hydroxylation is 2. The van der Waals surface area contributed by atoms with Crippen molar-refractivity contribution in [3.8, 4) is 5.75 Å². The minimum Gasteiger partial charge on any atom is -0.489 e. The van der Waals surface area contributed by atoms with Gasteiger partial charge in [-0.05, 0) is 57.2 Å². The molecule has 1 aliphatic carbocycles. The molecule has 0 saturated carbocycles. The van der Waals surface area contributed by atoms with Gasteiger partial charge in [0.2, 0.25) is 0 Å². The van der Waals surface area contributed by atoms with Crippen molar-refractivity contribution in [2.24, 2.45) is 0 Å². The lowest BCUT2D eigenvalue weighted by atomic mass is 9.96. The van der Waals surface area contributed by atoms with Crippen LogP contribution in [0, 0.1) is 5.82 Å². The number of fused-ring (bicyclic) bond motifs is 3. The number of aromatic nitrogens is 3. The van der Waals surface area contributed by atoms with E-state index in [1.54, 1.807) is 12.4 Å². The number of hydrogen-bond donors (Lipinski definition) is 2. The molecule has 4 rings (SSSR count). The maximum atomic E-state index is 13.6. The Balaban J connectivity index is 1.78. The van der Waals surface area contributed by atoms with Gasteiger partial charge in [0.15, 0.2) is 0 Å². The Kier molecular flexibility index (Phi) is 4.03. The second-order valence-corrected chi connectivity index (χ2v) is 6.67. The zero-order chi connectivity index (χ0) is 17.4. The van der Waals surface area contributed by atoms with Gasteiger partial charge in [0.1, 0.15) is 29.4 Å². The third kappa shape index (κ3) is 3.04. The van der Waals surface area contributed by atoms with Crippen molar-refractivity contribution in [1.82, 2.24) is 15.0 Å². The highest BCUT2D eigenvalue weighted by Gasteiger charge is 2.20. The quantitative estimate of drug-likeness (QED) is 0.734. The van der Waals surface area contributed by atoms with Crippen LogP contribution in [0.25, 0.3) is 11.0 Å². The predicted octanol–water partition coefficient (Wildman–Crippen LogP) is 4.51. The highest BCUT2D eigenvalue weighted by molar-refractivity contribution is 5.93. The van der Waals surface area contributed by atoms with Crippen molar-refractivity contribution in [3.05, 3.63) is 41.6 Å². The summed E-state index contributed by atoms with van der Waals surface area (Å²) in [5.41, 5.74) is 4.08. The van der Waals surface area contributed by atoms with Crippen LogP contribution in [0.5, 0.6) is 5.75 Å². The van der Waals surface area contributed by atoms with E-state index in [1.165, 1.54) is 36.2 Å². The molecule has 2 N–H and O–H groups in total. The van der Waals surface area contributed by atoms with E-state index in [0.29, 0.717) is 11.4 Å². The number of benzene rings is 1. The summed E-state index contributed by atoms with van der Waals surface area (Å²) in [4.78, 5) is 12.2. The Morgan fingerprint density at radius 2 is 2.04 bits per heavy atom. The Bertz CT molecular complexity index is 919. The average molecular weight is 340 g/mol. The second-order valence-electron chi connectivity index (χ2n) is 6.67. The van der Waals surface area contributed by atoms with Crippen LogP contribution in [0.2, 0.25) is 0 Å². The smallest absolute Gasteiger partial charge is 0.146 e. The summed E-state index contributed by atoms with van der Waals surface area (Å²) in [6.45, 7) is 3.83. The van der Waals surface area contributed by atoms with E-state index in [4.69, 9.17) is 4.74 Å². The fourth-order valence-corrected chi connectivity index (χ4v) is 3.40. The van der Waals surface area contributed by atoms with Crippen LogP contribution in [0.4, 0.5) is 15.9 Å². The SMILES string of the molecule is CC(C)Oc1cc(F)ccc1Nc1ncnc2[nH]c3c(c12)CCCC3. The topological polar surface area (TPSA) is 62.8 Å². The first-order valence-electron chi connectivity index (χ1n) is 8.69. The molecular formula is C19H21FN4O. The first-order valence-corrected chi connectivity index (χ1v) is 8.69. The van der Waals surface area contributed by atoms with Gasteiger partial charge in [0.25, 0.3) is 0 Å². The summed E-state index contributed by atoms with van der Waals surface area (Å²) in [5.74, 6) is 0.879. The minimum atomic E-state index is -0.326. The van der Waals surface area contributed by atoms with Crippen molar-refractivity contribution >= 4 is 22.5 Å². The average Bonchev–Trinajstić information content (AvgIpc) is 2.96. The molecule has 130 valence electrons. The van der Waals surface area contributed by atoms with Crippen LogP contribution >= 0.6 is 0 Å². The maximum Gasteiger partial charge on any atom is 0.146 e. The summed E-state index contributed by atoms with van der Waals surface area (Å²) in [7, 11) is 0. The Morgan fingerprint density at radius 3 is 2.88 bits per heavy atom. The van der Waals surface area contributed by atoms with Gasteiger partial charge in [-0.2, -0.15) is 0 Å². The molecule has 0 amide bonds. The fourth-order valence-electron chi connectivity index (χ4n) is 3.40. The molecule has 0 atom stereocenters. The summed E-state index contributed by atoms with van der Waals surface area (Å²) >= 11 is 0. The number of ether oxygens (including phenoxy) is 1. The van der Waals surface area contributed by atoms with E-state index in [-0.39, 0.29) is 11.9 Å². The monoisotopic (exact) mass is 340 g/mol. The molecule has 0 radical (unpaired) electrons. The number of rotatable bonds is 4. The van der Waals surface area contributed by atoms with Gasteiger partial charge in [0.05, 0.1) is 17.2 Å². The third-order valence-corrected chi connectivity index (χ3v) is 4.45. The van der Waals surface area contributed by atoms with Crippen LogP contribution < -0.4 is 10.1 Å². The van der Waals surface area contributed by atoms with Gasteiger partial charge in [-0.25, -0.2) is 14.4 Å². The molecule has 2 heterocycles. The number of hydrogen-bond acceptors (Lipinski definition) is 4. The molecule has 2 aromatic heterocycles. The molecule has 0 aliphatic heterocycles. The van der Waals surface area contributed by atoms with E-state index in [0.717, 1.165) is 29.7 Å². The van der Waals surface area contributed by atoms with Crippen LogP contribution in [0.1, 0.15) is 37.9 Å². The zero-order valence-electron chi connectivity index (χ0n) is 14.4. The standard InChI is InChI=1S/C19H21FN4O/c1-11(2)25-16-9-12(20)7-8-15(16)24-19-17-13-5-3-4-6-14(13)23-18(17)21-10-22-19/h7-11H,3-6H2,1-2H3,(H2,21,22,23,24). The van der Waals surface area contributed by atoms with Crippen LogP contribution in [-0.4, -0.2) is 21.1 Å². The summed E-state index contributed by atoms with van der Waals surface area (Å²) in [6, 6.07) is 4.49. The number of nitrogens with one attached hydrogen (secondary N) is 2. The molecular weight excluding hydrogens is 319 g/mol. The normalized spacial score (nSPS) is 13.9. The van der Waals surface area contributed by atoms with E-state index < -0.39 is 0 Å². The number of anilines is 2. The van der Waals surface area contributed by atoms with Crippen molar-refractivity contribution in [2.75, 3.05) is 5.32 Å². The Hall–Kier alpha value is -2.63. The van der Waals surface area contributed by atoms with E-state index in [1.807, 2.05) is 13.8 Å². The van der Waals surface area contributed by atoms with E-state index >= 15 is 0 Å². The van der Waals surface area contributed by atoms with E-state index in [9.17, 15) is 4.39 Å². The molecule has 1 aromatic carbocycles. The summed E-state index contributed by atoms with van der Waals surface area (Å²) < 4.78 is 19.4. The van der Waals surface area contributed by atoms with Gasteiger partial charge in [0, 0.05) is 11.8 Å². The Morgan fingerprint density at radius 1 is 1.20 bits per heavy atom. The number of halogens is 1. The van der Waals surface area contributed by atoms with Gasteiger partial charge in [-0.3, -0.25) is 0 Å². The van der Waals surface area contributed by atoms with Crippen LogP contribution in [0.15, 0.2) is 24.5 Å². The van der Waals surface area contributed by atoms with Gasteiger partial charge in [-0.1, -0.05) is 0 Å². The molecule has 0 unspecified atom stereocenters. The van der Waals surface area contributed by atoms with E-state index in [2.05, 4.69) is 20.3 Å². The van der Waals surface area contributed by atoms with Crippen molar-refractivity contribution in [3.63, 3.8) is 0 Å².